The number of fused-ring (bicyclic) bond motifs is 1. The maximum atomic E-state index is 11.9. The minimum absolute atomic E-state index is 0. The molecule has 29 heavy (non-hydrogen) atoms. The van der Waals surface area contributed by atoms with Gasteiger partial charge in [0.05, 0.1) is 5.69 Å². The molecule has 9 nitrogen and oxygen atoms in total. The third kappa shape index (κ3) is 7.43. The van der Waals surface area contributed by atoms with Gasteiger partial charge in [0.25, 0.3) is 6.34 Å². The molecule has 0 bridgehead atoms. The van der Waals surface area contributed by atoms with Gasteiger partial charge < -0.3 is 37.4 Å². The summed E-state index contributed by atoms with van der Waals surface area (Å²) in [5.74, 6) is 0.0945. The van der Waals surface area contributed by atoms with Crippen LogP contribution in [0.5, 0.6) is 5.75 Å². The van der Waals surface area contributed by atoms with Gasteiger partial charge in [0.15, 0.2) is 0 Å². The molecule has 0 saturated carbocycles. The number of ether oxygens (including phenoxy) is 3. The number of hydrogen-bond acceptors (Lipinski definition) is 8. The van der Waals surface area contributed by atoms with E-state index in [1.165, 1.54) is 12.4 Å². The van der Waals surface area contributed by atoms with Gasteiger partial charge in [0.2, 0.25) is 0 Å². The average molecular weight is 545 g/mol. The predicted molar refractivity (Wildman–Crippen MR) is 94.2 cm³/mol. The monoisotopic (exact) mass is 545 g/mol. The Hall–Kier alpha value is -1.37. The Labute approximate surface area is 218 Å². The van der Waals surface area contributed by atoms with Gasteiger partial charge in [0.1, 0.15) is 12.2 Å². The number of carbonyl (C=O) groups is 2. The number of rotatable bonds is 3. The third-order valence-electron chi connectivity index (χ3n) is 3.08. The van der Waals surface area contributed by atoms with Crippen molar-refractivity contribution in [2.75, 3.05) is 0 Å². The molecule has 1 aromatic carbocycles. The first kappa shape index (κ1) is 25.7. The van der Waals surface area contributed by atoms with Crippen LogP contribution in [0.2, 0.25) is 0 Å². The van der Waals surface area contributed by atoms with E-state index >= 15 is 0 Å². The molecule has 2 radical (unpaired) electrons. The molecular weight excluding hydrogens is 530 g/mol. The van der Waals surface area contributed by atoms with Crippen LogP contribution in [0.4, 0.5) is 9.59 Å². The Bertz CT molecular complexity index is 931. The molecule has 1 aliphatic rings. The molecule has 0 aliphatic carbocycles. The molecule has 144 valence electrons. The first-order valence-electron chi connectivity index (χ1n) is 7.89. The summed E-state index contributed by atoms with van der Waals surface area (Å²) >= 11 is 0. The smallest absolute Gasteiger partial charge is 0.445 e. The van der Waals surface area contributed by atoms with Gasteiger partial charge in [-0.1, -0.05) is 11.8 Å². The van der Waals surface area contributed by atoms with Gasteiger partial charge >= 0.3 is 18.6 Å². The van der Waals surface area contributed by atoms with Crippen molar-refractivity contribution in [3.8, 4) is 5.75 Å². The van der Waals surface area contributed by atoms with E-state index < -0.39 is 17.8 Å². The second-order valence-electron chi connectivity index (χ2n) is 6.37. The molecule has 0 unspecified atom stereocenters. The molecule has 0 spiro atoms. The van der Waals surface area contributed by atoms with Crippen LogP contribution in [0.25, 0.3) is 10.9 Å². The molecular formula is C18H15N4O5Y2-. The number of aliphatic imine (C=N–C) groups is 1. The van der Waals surface area contributed by atoms with E-state index in [0.29, 0.717) is 16.6 Å². The first-order valence-corrected chi connectivity index (χ1v) is 7.89. The van der Waals surface area contributed by atoms with E-state index in [2.05, 4.69) is 33.5 Å². The summed E-state index contributed by atoms with van der Waals surface area (Å²) in [4.78, 5) is 31.6. The summed E-state index contributed by atoms with van der Waals surface area (Å²) in [5.41, 5.74) is 0.0762. The molecule has 1 amide bonds. The third-order valence-corrected chi connectivity index (χ3v) is 3.08. The van der Waals surface area contributed by atoms with Gasteiger partial charge in [-0.15, -0.1) is 5.52 Å². The summed E-state index contributed by atoms with van der Waals surface area (Å²) in [7, 11) is 0. The van der Waals surface area contributed by atoms with Crippen LogP contribution in [0.15, 0.2) is 28.3 Å². The van der Waals surface area contributed by atoms with Crippen LogP contribution in [-0.2, 0) is 81.5 Å². The van der Waals surface area contributed by atoms with Gasteiger partial charge in [-0.25, -0.2) is 15.0 Å². The standard InChI is InChI=1S/C18H15N4O5.2Y/c1-18(2,3)27-17(24)26-14-6-4-5-12-7-8-13(21-15(12)14)9-25-16(23)22-11-19-10-20-22;;/h4,7-8,11H,9H2,1-3H3;;/q-1;;. The minimum Gasteiger partial charge on any atom is -0.445 e. The summed E-state index contributed by atoms with van der Waals surface area (Å²) in [6.45, 7) is 5.07. The van der Waals surface area contributed by atoms with Crippen molar-refractivity contribution in [1.29, 1.82) is 0 Å². The summed E-state index contributed by atoms with van der Waals surface area (Å²) in [6.07, 6.45) is 1.84. The Morgan fingerprint density at radius 1 is 1.21 bits per heavy atom. The van der Waals surface area contributed by atoms with Gasteiger partial charge in [-0.05, 0) is 31.8 Å². The molecule has 0 atom stereocenters. The number of amides is 1. The quantitative estimate of drug-likeness (QED) is 0.334. The largest absolute Gasteiger partial charge is 0.510 e. The fraction of sp³-hybridized carbons (Fsp3) is 0.278. The molecule has 11 heteroatoms. The number of hydrazone groups is 1. The van der Waals surface area contributed by atoms with Crippen LogP contribution in [0, 0.1) is 12.1 Å². The Morgan fingerprint density at radius 2 is 1.97 bits per heavy atom. The number of carbonyl (C=O) groups excluding carboxylic acids is 2. The molecule has 0 saturated heterocycles. The van der Waals surface area contributed by atoms with Crippen molar-refractivity contribution in [2.45, 2.75) is 33.0 Å². The summed E-state index contributed by atoms with van der Waals surface area (Å²) < 4.78 is 15.4. The molecule has 2 heterocycles. The Morgan fingerprint density at radius 3 is 2.62 bits per heavy atom. The van der Waals surface area contributed by atoms with Gasteiger partial charge in [0, 0.05) is 75.5 Å². The van der Waals surface area contributed by atoms with E-state index in [9.17, 15) is 9.59 Å². The van der Waals surface area contributed by atoms with Crippen LogP contribution in [0.1, 0.15) is 26.5 Å². The maximum Gasteiger partial charge on any atom is 0.510 e. The van der Waals surface area contributed by atoms with Crippen LogP contribution < -0.4 is 4.74 Å². The summed E-state index contributed by atoms with van der Waals surface area (Å²) in [5, 5.41) is 5.07. The second kappa shape index (κ2) is 11.1. The van der Waals surface area contributed by atoms with Crippen molar-refractivity contribution >= 4 is 35.8 Å². The van der Waals surface area contributed by atoms with Gasteiger partial charge in [-0.2, -0.15) is 0 Å². The van der Waals surface area contributed by atoms with E-state index in [1.807, 2.05) is 0 Å². The van der Waals surface area contributed by atoms with Gasteiger partial charge in [-0.3, -0.25) is 0 Å². The van der Waals surface area contributed by atoms with E-state index in [-0.39, 0.29) is 77.8 Å². The van der Waals surface area contributed by atoms with Crippen LogP contribution >= 0.6 is 0 Å². The number of pyridine rings is 1. The molecule has 3 rings (SSSR count). The van der Waals surface area contributed by atoms with E-state index in [4.69, 9.17) is 14.2 Å². The van der Waals surface area contributed by atoms with Crippen molar-refractivity contribution in [1.82, 2.24) is 9.99 Å². The fourth-order valence-corrected chi connectivity index (χ4v) is 2.02. The van der Waals surface area contributed by atoms with Crippen molar-refractivity contribution < 1.29 is 89.2 Å². The zero-order chi connectivity index (χ0) is 19.4. The molecule has 2 aromatic rings. The number of benzene rings is 1. The molecule has 1 aromatic heterocycles. The number of nitrogens with zero attached hydrogens (tertiary/aromatic N) is 4. The van der Waals surface area contributed by atoms with Crippen LogP contribution in [0.3, 0.4) is 0 Å². The zero-order valence-corrected chi connectivity index (χ0v) is 21.7. The maximum absolute atomic E-state index is 11.9. The second-order valence-corrected chi connectivity index (χ2v) is 6.37. The van der Waals surface area contributed by atoms with Crippen molar-refractivity contribution in [3.05, 3.63) is 36.0 Å². The molecule has 1 aliphatic heterocycles. The zero-order valence-electron chi connectivity index (χ0n) is 16.0. The Balaban J connectivity index is 0.00000210. The molecule has 0 fully saturated rings. The SMILES string of the molecule is CC(C)(C)OC(=O)Oc1[c-]c[c-]c2ccc(COC(=O)N3C=N[C+]=N3)nc12.[Y].[Y]. The minimum atomic E-state index is -0.868. The topological polar surface area (TPSA) is 103 Å². The number of aromatic nitrogens is 1. The van der Waals surface area contributed by atoms with Crippen molar-refractivity contribution in [3.63, 3.8) is 0 Å². The fourth-order valence-electron chi connectivity index (χ4n) is 2.02. The normalized spacial score (nSPS) is 11.9. The first-order chi connectivity index (χ1) is 12.8. The summed E-state index contributed by atoms with van der Waals surface area (Å²) in [6, 6.07) is 10.6. The number of hydrogen-bond donors (Lipinski definition) is 0. The predicted octanol–water partition coefficient (Wildman–Crippen LogP) is 2.94. The van der Waals surface area contributed by atoms with E-state index in [0.717, 1.165) is 5.01 Å². The van der Waals surface area contributed by atoms with Crippen LogP contribution in [-0.4, -0.2) is 40.5 Å². The molecule has 0 N–H and O–H groups in total. The Kier molecular flexibility index (Phi) is 9.86. The average Bonchev–Trinajstić information content (AvgIpc) is 3.13. The van der Waals surface area contributed by atoms with Crippen molar-refractivity contribution in [2.24, 2.45) is 10.1 Å². The van der Waals surface area contributed by atoms with E-state index in [1.54, 1.807) is 32.9 Å².